The number of nitrogens with two attached hydrogens (primary N) is 1. The predicted molar refractivity (Wildman–Crippen MR) is 64.7 cm³/mol. The van der Waals surface area contributed by atoms with Gasteiger partial charge in [0.05, 0.1) is 12.7 Å². The van der Waals surface area contributed by atoms with Gasteiger partial charge in [-0.2, -0.15) is 0 Å². The molecule has 0 saturated heterocycles. The van der Waals surface area contributed by atoms with E-state index in [1.54, 1.807) is 0 Å². The van der Waals surface area contributed by atoms with Gasteiger partial charge < -0.3 is 15.8 Å². The Bertz CT molecular complexity index is 364. The lowest BCUT2D eigenvalue weighted by molar-refractivity contribution is 0.0601. The van der Waals surface area contributed by atoms with Gasteiger partial charge in [0.1, 0.15) is 0 Å². The van der Waals surface area contributed by atoms with E-state index in [0.29, 0.717) is 12.1 Å². The fourth-order valence-electron chi connectivity index (χ4n) is 1.42. The van der Waals surface area contributed by atoms with Crippen molar-refractivity contribution in [2.45, 2.75) is 13.3 Å². The Labute approximate surface area is 95.8 Å². The number of anilines is 1. The lowest BCUT2D eigenvalue weighted by Crippen LogP contribution is -2.12. The van der Waals surface area contributed by atoms with Crippen molar-refractivity contribution in [3.63, 3.8) is 0 Å². The molecule has 4 nitrogen and oxygen atoms in total. The van der Waals surface area contributed by atoms with Gasteiger partial charge in [-0.1, -0.05) is 11.6 Å². The Balaban J connectivity index is 2.85. The molecule has 0 amide bonds. The summed E-state index contributed by atoms with van der Waals surface area (Å²) < 4.78 is 4.73. The molecule has 0 radical (unpaired) electrons. The van der Waals surface area contributed by atoms with Gasteiger partial charge in [-0.15, -0.1) is 0 Å². The smallest absolute Gasteiger partial charge is 0.339 e. The van der Waals surface area contributed by atoms with Gasteiger partial charge in [0.2, 0.25) is 0 Å². The fraction of sp³-hybridized carbons (Fsp3) is 0.417. The molecule has 0 heterocycles. The summed E-state index contributed by atoms with van der Waals surface area (Å²) in [6.07, 6.45) is 0.870. The number of benzene rings is 1. The molecule has 0 bridgehead atoms. The van der Waals surface area contributed by atoms with E-state index < -0.39 is 0 Å². The highest BCUT2D eigenvalue weighted by Crippen LogP contribution is 2.18. The number of hydrogen-bond acceptors (Lipinski definition) is 4. The molecule has 0 aliphatic carbocycles. The molecular weight excluding hydrogens is 204 g/mol. The second kappa shape index (κ2) is 6.12. The lowest BCUT2D eigenvalue weighted by atomic mass is 10.1. The Morgan fingerprint density at radius 2 is 2.25 bits per heavy atom. The van der Waals surface area contributed by atoms with Crippen LogP contribution >= 0.6 is 0 Å². The van der Waals surface area contributed by atoms with Gasteiger partial charge in [0, 0.05) is 12.2 Å². The highest BCUT2D eigenvalue weighted by molar-refractivity contribution is 5.95. The molecule has 1 rings (SSSR count). The minimum atomic E-state index is -0.320. The Hall–Kier alpha value is -1.55. The Kier molecular flexibility index (Phi) is 4.79. The maximum Gasteiger partial charge on any atom is 0.339 e. The molecule has 4 heteroatoms. The van der Waals surface area contributed by atoms with E-state index in [1.807, 2.05) is 25.1 Å². The van der Waals surface area contributed by atoms with Gasteiger partial charge in [0.25, 0.3) is 0 Å². The van der Waals surface area contributed by atoms with Crippen LogP contribution in [-0.4, -0.2) is 26.2 Å². The zero-order chi connectivity index (χ0) is 12.0. The summed E-state index contributed by atoms with van der Waals surface area (Å²) >= 11 is 0. The van der Waals surface area contributed by atoms with Gasteiger partial charge in [-0.05, 0) is 32.0 Å². The van der Waals surface area contributed by atoms with Crippen LogP contribution in [0.3, 0.4) is 0 Å². The first-order chi connectivity index (χ1) is 7.69. The van der Waals surface area contributed by atoms with Crippen molar-refractivity contribution in [3.8, 4) is 0 Å². The van der Waals surface area contributed by atoms with E-state index in [4.69, 9.17) is 10.5 Å². The molecular formula is C12H18N2O2. The molecule has 0 fully saturated rings. The third-order valence-electron chi connectivity index (χ3n) is 2.28. The zero-order valence-corrected chi connectivity index (χ0v) is 9.75. The van der Waals surface area contributed by atoms with Gasteiger partial charge >= 0.3 is 5.97 Å². The Morgan fingerprint density at radius 1 is 1.50 bits per heavy atom. The van der Waals surface area contributed by atoms with E-state index in [1.165, 1.54) is 7.11 Å². The van der Waals surface area contributed by atoms with Crippen molar-refractivity contribution in [1.82, 2.24) is 0 Å². The van der Waals surface area contributed by atoms with Gasteiger partial charge in [-0.3, -0.25) is 0 Å². The SMILES string of the molecule is COC(=O)c1cc(C)ccc1NCCCN. The average molecular weight is 222 g/mol. The lowest BCUT2D eigenvalue weighted by Gasteiger charge is -2.11. The van der Waals surface area contributed by atoms with Crippen molar-refractivity contribution in [3.05, 3.63) is 29.3 Å². The molecule has 0 unspecified atom stereocenters. The summed E-state index contributed by atoms with van der Waals surface area (Å²) in [4.78, 5) is 11.5. The second-order valence-corrected chi connectivity index (χ2v) is 3.61. The van der Waals surface area contributed by atoms with Crippen molar-refractivity contribution < 1.29 is 9.53 Å². The summed E-state index contributed by atoms with van der Waals surface area (Å²) in [7, 11) is 1.38. The van der Waals surface area contributed by atoms with Crippen LogP contribution in [0.25, 0.3) is 0 Å². The van der Waals surface area contributed by atoms with Crippen LogP contribution in [0.4, 0.5) is 5.69 Å². The standard InChI is InChI=1S/C12H18N2O2/c1-9-4-5-11(14-7-3-6-13)10(8-9)12(15)16-2/h4-5,8,14H,3,6-7,13H2,1-2H3. The number of nitrogens with one attached hydrogen (secondary N) is 1. The van der Waals surface area contributed by atoms with Gasteiger partial charge in [0.15, 0.2) is 0 Å². The number of methoxy groups -OCH3 is 1. The average Bonchev–Trinajstić information content (AvgIpc) is 2.30. The fourth-order valence-corrected chi connectivity index (χ4v) is 1.42. The summed E-state index contributed by atoms with van der Waals surface area (Å²) in [5.41, 5.74) is 7.81. The van der Waals surface area contributed by atoms with E-state index >= 15 is 0 Å². The first-order valence-corrected chi connectivity index (χ1v) is 5.32. The second-order valence-electron chi connectivity index (χ2n) is 3.61. The highest BCUT2D eigenvalue weighted by Gasteiger charge is 2.11. The molecule has 0 atom stereocenters. The Morgan fingerprint density at radius 3 is 2.88 bits per heavy atom. The molecule has 0 aliphatic rings. The zero-order valence-electron chi connectivity index (χ0n) is 9.75. The summed E-state index contributed by atoms with van der Waals surface area (Å²) in [6, 6.07) is 5.66. The molecule has 0 saturated carbocycles. The topological polar surface area (TPSA) is 64.3 Å². The molecule has 3 N–H and O–H groups in total. The normalized spacial score (nSPS) is 9.94. The number of carbonyl (C=O) groups excluding carboxylic acids is 1. The van der Waals surface area contributed by atoms with E-state index in [-0.39, 0.29) is 5.97 Å². The number of aryl methyl sites for hydroxylation is 1. The quantitative estimate of drug-likeness (QED) is 0.586. The molecule has 0 aliphatic heterocycles. The summed E-state index contributed by atoms with van der Waals surface area (Å²) in [5, 5.41) is 3.18. The van der Waals surface area contributed by atoms with Crippen LogP contribution in [-0.2, 0) is 4.74 Å². The van der Waals surface area contributed by atoms with Crippen LogP contribution < -0.4 is 11.1 Å². The maximum atomic E-state index is 11.5. The number of rotatable bonds is 5. The minimum absolute atomic E-state index is 0.320. The van der Waals surface area contributed by atoms with Crippen LogP contribution in [0.5, 0.6) is 0 Å². The number of hydrogen-bond donors (Lipinski definition) is 2. The minimum Gasteiger partial charge on any atom is -0.465 e. The largest absolute Gasteiger partial charge is 0.465 e. The highest BCUT2D eigenvalue weighted by atomic mass is 16.5. The van der Waals surface area contributed by atoms with Crippen molar-refractivity contribution in [2.75, 3.05) is 25.5 Å². The summed E-state index contributed by atoms with van der Waals surface area (Å²) in [6.45, 7) is 3.33. The van der Waals surface area contributed by atoms with Crippen LogP contribution in [0.1, 0.15) is 22.3 Å². The van der Waals surface area contributed by atoms with Crippen molar-refractivity contribution >= 4 is 11.7 Å². The monoisotopic (exact) mass is 222 g/mol. The molecule has 16 heavy (non-hydrogen) atoms. The van der Waals surface area contributed by atoms with Crippen LogP contribution in [0.15, 0.2) is 18.2 Å². The first-order valence-electron chi connectivity index (χ1n) is 5.32. The summed E-state index contributed by atoms with van der Waals surface area (Å²) in [5.74, 6) is -0.320. The van der Waals surface area contributed by atoms with Crippen molar-refractivity contribution in [2.24, 2.45) is 5.73 Å². The molecule has 0 spiro atoms. The molecule has 1 aromatic carbocycles. The predicted octanol–water partition coefficient (Wildman–Crippen LogP) is 1.54. The number of esters is 1. The van der Waals surface area contributed by atoms with Crippen LogP contribution in [0.2, 0.25) is 0 Å². The number of carbonyl (C=O) groups is 1. The number of ether oxygens (including phenoxy) is 1. The maximum absolute atomic E-state index is 11.5. The van der Waals surface area contributed by atoms with Gasteiger partial charge in [-0.25, -0.2) is 4.79 Å². The molecule has 88 valence electrons. The van der Waals surface area contributed by atoms with E-state index in [0.717, 1.165) is 24.2 Å². The third-order valence-corrected chi connectivity index (χ3v) is 2.28. The van der Waals surface area contributed by atoms with Crippen molar-refractivity contribution in [1.29, 1.82) is 0 Å². The first kappa shape index (κ1) is 12.5. The van der Waals surface area contributed by atoms with E-state index in [2.05, 4.69) is 5.32 Å². The molecule has 1 aromatic rings. The van der Waals surface area contributed by atoms with Crippen LogP contribution in [0, 0.1) is 6.92 Å². The molecule has 0 aromatic heterocycles. The third kappa shape index (κ3) is 3.24. The van der Waals surface area contributed by atoms with E-state index in [9.17, 15) is 4.79 Å².